The van der Waals surface area contributed by atoms with Crippen LogP contribution in [0, 0.1) is 12.8 Å². The molecule has 0 radical (unpaired) electrons. The minimum absolute atomic E-state index is 0. The Kier molecular flexibility index (Phi) is 12.6. The van der Waals surface area contributed by atoms with Crippen LogP contribution in [-0.2, 0) is 11.3 Å². The van der Waals surface area contributed by atoms with Gasteiger partial charge in [-0.25, -0.2) is 0 Å². The molecule has 2 rings (SSSR count). The van der Waals surface area contributed by atoms with Gasteiger partial charge in [0.15, 0.2) is 5.96 Å². The van der Waals surface area contributed by atoms with Gasteiger partial charge in [-0.15, -0.1) is 24.0 Å². The van der Waals surface area contributed by atoms with Crippen molar-refractivity contribution in [3.8, 4) is 5.75 Å². The Morgan fingerprint density at radius 3 is 2.76 bits per heavy atom. The van der Waals surface area contributed by atoms with Gasteiger partial charge in [0, 0.05) is 45.4 Å². The fourth-order valence-electron chi connectivity index (χ4n) is 3.55. The number of rotatable bonds is 9. The summed E-state index contributed by atoms with van der Waals surface area (Å²) in [6.07, 6.45) is 2.56. The van der Waals surface area contributed by atoms with E-state index in [2.05, 4.69) is 59.5 Å². The molecule has 1 saturated heterocycles. The van der Waals surface area contributed by atoms with E-state index in [1.807, 2.05) is 7.05 Å². The smallest absolute Gasteiger partial charge is 0.191 e. The third-order valence-corrected chi connectivity index (χ3v) is 5.28. The summed E-state index contributed by atoms with van der Waals surface area (Å²) in [5.74, 6) is 2.41. The van der Waals surface area contributed by atoms with Crippen molar-refractivity contribution >= 4 is 29.9 Å². The van der Waals surface area contributed by atoms with E-state index in [1.54, 1.807) is 7.11 Å². The highest BCUT2D eigenvalue weighted by Gasteiger charge is 2.21. The first kappa shape index (κ1) is 26.0. The van der Waals surface area contributed by atoms with E-state index < -0.39 is 0 Å². The molecule has 0 aliphatic carbocycles. The van der Waals surface area contributed by atoms with Crippen molar-refractivity contribution < 1.29 is 9.47 Å². The van der Waals surface area contributed by atoms with Gasteiger partial charge in [0.1, 0.15) is 12.4 Å². The zero-order valence-electron chi connectivity index (χ0n) is 18.7. The SMILES string of the molecule is CN=C(NCc1ccc(C)cc1OCCOC)NCC1CCCN(C(C)C)C1.I. The number of ether oxygens (including phenoxy) is 2. The number of methoxy groups -OCH3 is 1. The quantitative estimate of drug-likeness (QED) is 0.227. The average Bonchev–Trinajstić information content (AvgIpc) is 2.69. The van der Waals surface area contributed by atoms with Gasteiger partial charge in [0.25, 0.3) is 0 Å². The molecule has 2 N–H and O–H groups in total. The highest BCUT2D eigenvalue weighted by molar-refractivity contribution is 14.0. The molecule has 0 aromatic heterocycles. The maximum absolute atomic E-state index is 5.88. The van der Waals surface area contributed by atoms with Gasteiger partial charge in [0.2, 0.25) is 0 Å². The summed E-state index contributed by atoms with van der Waals surface area (Å²) < 4.78 is 11.0. The highest BCUT2D eigenvalue weighted by Crippen LogP contribution is 2.20. The Bertz CT molecular complexity index is 625. The van der Waals surface area contributed by atoms with Crippen molar-refractivity contribution in [2.75, 3.05) is 47.0 Å². The van der Waals surface area contributed by atoms with Crippen LogP contribution in [0.3, 0.4) is 0 Å². The Hall–Kier alpha value is -1.06. The third kappa shape index (κ3) is 9.09. The van der Waals surface area contributed by atoms with E-state index in [-0.39, 0.29) is 24.0 Å². The normalized spacial score (nSPS) is 17.7. The van der Waals surface area contributed by atoms with Crippen LogP contribution in [-0.4, -0.2) is 63.9 Å². The van der Waals surface area contributed by atoms with Gasteiger partial charge in [0.05, 0.1) is 6.61 Å². The van der Waals surface area contributed by atoms with Crippen LogP contribution in [0.15, 0.2) is 23.2 Å². The molecule has 0 saturated carbocycles. The van der Waals surface area contributed by atoms with Crippen LogP contribution < -0.4 is 15.4 Å². The molecule has 1 heterocycles. The van der Waals surface area contributed by atoms with Gasteiger partial charge in [-0.1, -0.05) is 12.1 Å². The number of nitrogens with one attached hydrogen (secondary N) is 2. The number of piperidine rings is 1. The minimum Gasteiger partial charge on any atom is -0.491 e. The zero-order valence-corrected chi connectivity index (χ0v) is 21.0. The Labute approximate surface area is 193 Å². The van der Waals surface area contributed by atoms with Crippen molar-refractivity contribution in [3.63, 3.8) is 0 Å². The number of aryl methyl sites for hydroxylation is 1. The number of hydrogen-bond acceptors (Lipinski definition) is 4. The molecule has 6 nitrogen and oxygen atoms in total. The number of nitrogens with zero attached hydrogens (tertiary/aromatic N) is 2. The standard InChI is InChI=1S/C22H38N4O2.HI/c1-17(2)26-10-6-7-19(16-26)14-24-22(23-4)25-15-20-9-8-18(3)13-21(20)28-12-11-27-5;/h8-9,13,17,19H,6-7,10-12,14-16H2,1-5H3,(H2,23,24,25);1H. The second-order valence-electron chi connectivity index (χ2n) is 7.86. The molecule has 1 fully saturated rings. The van der Waals surface area contributed by atoms with Crippen LogP contribution >= 0.6 is 24.0 Å². The average molecular weight is 518 g/mol. The van der Waals surface area contributed by atoms with Gasteiger partial charge < -0.3 is 25.0 Å². The minimum atomic E-state index is 0. The van der Waals surface area contributed by atoms with Gasteiger partial charge in [-0.05, 0) is 57.7 Å². The number of likely N-dealkylation sites (tertiary alicyclic amines) is 1. The van der Waals surface area contributed by atoms with Gasteiger partial charge in [-0.2, -0.15) is 0 Å². The molecule has 1 aromatic rings. The summed E-state index contributed by atoms with van der Waals surface area (Å²) >= 11 is 0. The lowest BCUT2D eigenvalue weighted by molar-refractivity contribution is 0.141. The molecule has 1 unspecified atom stereocenters. The summed E-state index contributed by atoms with van der Waals surface area (Å²) in [5.41, 5.74) is 2.30. The molecule has 29 heavy (non-hydrogen) atoms. The molecule has 1 atom stereocenters. The molecular weight excluding hydrogens is 479 g/mol. The number of guanidine groups is 1. The first-order valence-electron chi connectivity index (χ1n) is 10.4. The molecule has 1 aliphatic rings. The number of halogens is 1. The molecular formula is C22H39IN4O2. The zero-order chi connectivity index (χ0) is 20.4. The maximum Gasteiger partial charge on any atom is 0.191 e. The van der Waals surface area contributed by atoms with Crippen molar-refractivity contribution in [1.82, 2.24) is 15.5 Å². The number of hydrogen-bond donors (Lipinski definition) is 2. The Balaban J connectivity index is 0.00000420. The van der Waals surface area contributed by atoms with E-state index in [9.17, 15) is 0 Å². The lowest BCUT2D eigenvalue weighted by Crippen LogP contribution is -2.46. The summed E-state index contributed by atoms with van der Waals surface area (Å²) in [7, 11) is 3.51. The monoisotopic (exact) mass is 518 g/mol. The molecule has 7 heteroatoms. The lowest BCUT2D eigenvalue weighted by atomic mass is 9.97. The largest absolute Gasteiger partial charge is 0.491 e. The predicted molar refractivity (Wildman–Crippen MR) is 132 cm³/mol. The Morgan fingerprint density at radius 1 is 1.28 bits per heavy atom. The lowest BCUT2D eigenvalue weighted by Gasteiger charge is -2.35. The van der Waals surface area contributed by atoms with Crippen molar-refractivity contribution in [3.05, 3.63) is 29.3 Å². The fourth-order valence-corrected chi connectivity index (χ4v) is 3.55. The topological polar surface area (TPSA) is 58.1 Å². The maximum atomic E-state index is 5.88. The molecule has 166 valence electrons. The van der Waals surface area contributed by atoms with Gasteiger partial charge in [-0.3, -0.25) is 4.99 Å². The Morgan fingerprint density at radius 2 is 2.07 bits per heavy atom. The van der Waals surface area contributed by atoms with Crippen LogP contribution in [0.1, 0.15) is 37.8 Å². The first-order chi connectivity index (χ1) is 13.5. The predicted octanol–water partition coefficient (Wildman–Crippen LogP) is 3.42. The first-order valence-corrected chi connectivity index (χ1v) is 10.4. The van der Waals surface area contributed by atoms with E-state index in [4.69, 9.17) is 9.47 Å². The molecule has 0 amide bonds. The van der Waals surface area contributed by atoms with E-state index >= 15 is 0 Å². The number of aliphatic imine (C=N–C) groups is 1. The number of benzene rings is 1. The molecule has 1 aromatic carbocycles. The van der Waals surface area contributed by atoms with Crippen LogP contribution in [0.5, 0.6) is 5.75 Å². The summed E-state index contributed by atoms with van der Waals surface area (Å²) in [6.45, 7) is 11.8. The van der Waals surface area contributed by atoms with Crippen LogP contribution in [0.4, 0.5) is 0 Å². The molecule has 0 spiro atoms. The van der Waals surface area contributed by atoms with Gasteiger partial charge >= 0.3 is 0 Å². The summed E-state index contributed by atoms with van der Waals surface area (Å²) in [4.78, 5) is 6.96. The summed E-state index contributed by atoms with van der Waals surface area (Å²) in [5, 5.41) is 6.93. The van der Waals surface area contributed by atoms with E-state index in [1.165, 1.54) is 24.9 Å². The van der Waals surface area contributed by atoms with E-state index in [0.717, 1.165) is 30.4 Å². The highest BCUT2D eigenvalue weighted by atomic mass is 127. The van der Waals surface area contributed by atoms with Crippen LogP contribution in [0.25, 0.3) is 0 Å². The van der Waals surface area contributed by atoms with Crippen LogP contribution in [0.2, 0.25) is 0 Å². The second-order valence-corrected chi connectivity index (χ2v) is 7.86. The van der Waals surface area contributed by atoms with Crippen molar-refractivity contribution in [2.24, 2.45) is 10.9 Å². The van der Waals surface area contributed by atoms with Crippen molar-refractivity contribution in [1.29, 1.82) is 0 Å². The van der Waals surface area contributed by atoms with E-state index in [0.29, 0.717) is 31.7 Å². The fraction of sp³-hybridized carbons (Fsp3) is 0.682. The molecule has 1 aliphatic heterocycles. The molecule has 0 bridgehead atoms. The second kappa shape index (κ2) is 14.0. The van der Waals surface area contributed by atoms with Crippen molar-refractivity contribution in [2.45, 2.75) is 46.2 Å². The summed E-state index contributed by atoms with van der Waals surface area (Å²) in [6, 6.07) is 6.92. The third-order valence-electron chi connectivity index (χ3n) is 5.28.